The van der Waals surface area contributed by atoms with Gasteiger partial charge in [-0.25, -0.2) is 19.7 Å². The van der Waals surface area contributed by atoms with E-state index in [4.69, 9.17) is 9.52 Å². The van der Waals surface area contributed by atoms with E-state index in [9.17, 15) is 4.79 Å². The van der Waals surface area contributed by atoms with Crippen molar-refractivity contribution in [3.8, 4) is 22.8 Å². The standard InChI is InChI=1S/C17H12N4O3/c1-21-7-6-19-15(21)10-2-3-12-14(9-10)24-16(20-12)11-4-5-18-13(8-11)17(22)23/h2-9H,1H3,(H,22,23). The number of carboxylic acids is 1. The van der Waals surface area contributed by atoms with Crippen molar-refractivity contribution in [2.45, 2.75) is 0 Å². The molecular weight excluding hydrogens is 308 g/mol. The van der Waals surface area contributed by atoms with Crippen LogP contribution in [-0.4, -0.2) is 30.6 Å². The van der Waals surface area contributed by atoms with E-state index in [0.29, 0.717) is 22.6 Å². The Kier molecular flexibility index (Phi) is 3.13. The Balaban J connectivity index is 1.80. The van der Waals surface area contributed by atoms with Gasteiger partial charge >= 0.3 is 5.97 Å². The van der Waals surface area contributed by atoms with E-state index in [-0.39, 0.29) is 5.69 Å². The number of benzene rings is 1. The lowest BCUT2D eigenvalue weighted by molar-refractivity contribution is 0.0690. The molecule has 4 aromatic rings. The summed E-state index contributed by atoms with van der Waals surface area (Å²) in [6.45, 7) is 0. The van der Waals surface area contributed by atoms with Crippen LogP contribution in [0.1, 0.15) is 10.5 Å². The molecule has 0 unspecified atom stereocenters. The van der Waals surface area contributed by atoms with Crippen LogP contribution in [0.15, 0.2) is 53.3 Å². The minimum absolute atomic E-state index is 0.0524. The molecule has 0 aliphatic carbocycles. The minimum Gasteiger partial charge on any atom is -0.477 e. The zero-order valence-electron chi connectivity index (χ0n) is 12.7. The van der Waals surface area contributed by atoms with E-state index in [1.165, 1.54) is 12.3 Å². The third-order valence-electron chi connectivity index (χ3n) is 3.69. The van der Waals surface area contributed by atoms with Crippen LogP contribution in [0.2, 0.25) is 0 Å². The fraction of sp³-hybridized carbons (Fsp3) is 0.0588. The molecule has 1 aromatic carbocycles. The number of carbonyl (C=O) groups is 1. The lowest BCUT2D eigenvalue weighted by Gasteiger charge is -2.00. The van der Waals surface area contributed by atoms with Gasteiger partial charge in [-0.2, -0.15) is 0 Å². The number of hydrogen-bond donors (Lipinski definition) is 1. The van der Waals surface area contributed by atoms with Gasteiger partial charge in [0.05, 0.1) is 0 Å². The number of oxazole rings is 1. The summed E-state index contributed by atoms with van der Waals surface area (Å²) < 4.78 is 7.72. The first-order valence-electron chi connectivity index (χ1n) is 7.20. The fourth-order valence-electron chi connectivity index (χ4n) is 2.51. The molecule has 7 nitrogen and oxygen atoms in total. The Labute approximate surface area is 136 Å². The van der Waals surface area contributed by atoms with Gasteiger partial charge in [-0.3, -0.25) is 0 Å². The molecule has 0 aliphatic rings. The summed E-state index contributed by atoms with van der Waals surface area (Å²) in [6, 6.07) is 8.74. The molecule has 3 aromatic heterocycles. The fourth-order valence-corrected chi connectivity index (χ4v) is 2.51. The predicted molar refractivity (Wildman–Crippen MR) is 86.4 cm³/mol. The smallest absolute Gasteiger partial charge is 0.354 e. The Morgan fingerprint density at radius 1 is 1.12 bits per heavy atom. The summed E-state index contributed by atoms with van der Waals surface area (Å²) in [6.07, 6.45) is 5.03. The van der Waals surface area contributed by atoms with Crippen molar-refractivity contribution < 1.29 is 14.3 Å². The van der Waals surface area contributed by atoms with Gasteiger partial charge in [0.25, 0.3) is 0 Å². The molecule has 4 rings (SSSR count). The summed E-state index contributed by atoms with van der Waals surface area (Å²) in [7, 11) is 1.92. The summed E-state index contributed by atoms with van der Waals surface area (Å²) in [5, 5.41) is 9.04. The average Bonchev–Trinajstić information content (AvgIpc) is 3.20. The van der Waals surface area contributed by atoms with Crippen LogP contribution in [-0.2, 0) is 7.05 Å². The monoisotopic (exact) mass is 320 g/mol. The zero-order valence-corrected chi connectivity index (χ0v) is 12.7. The van der Waals surface area contributed by atoms with E-state index in [1.807, 2.05) is 36.0 Å². The van der Waals surface area contributed by atoms with Crippen LogP contribution >= 0.6 is 0 Å². The highest BCUT2D eigenvalue weighted by Gasteiger charge is 2.13. The first-order valence-corrected chi connectivity index (χ1v) is 7.20. The number of carboxylic acid groups (broad SMARTS) is 1. The van der Waals surface area contributed by atoms with Crippen LogP contribution in [0.5, 0.6) is 0 Å². The number of pyridine rings is 1. The van der Waals surface area contributed by atoms with Gasteiger partial charge in [0.2, 0.25) is 5.89 Å². The molecule has 0 saturated heterocycles. The number of aromatic carboxylic acids is 1. The van der Waals surface area contributed by atoms with Gasteiger partial charge in [0.1, 0.15) is 17.0 Å². The van der Waals surface area contributed by atoms with Gasteiger partial charge in [-0.1, -0.05) is 0 Å². The van der Waals surface area contributed by atoms with Gasteiger partial charge in [-0.15, -0.1) is 0 Å². The third-order valence-corrected chi connectivity index (χ3v) is 3.69. The summed E-state index contributed by atoms with van der Waals surface area (Å²) in [4.78, 5) is 23.6. The number of fused-ring (bicyclic) bond motifs is 1. The number of hydrogen-bond acceptors (Lipinski definition) is 5. The summed E-state index contributed by atoms with van der Waals surface area (Å²) in [5.41, 5.74) is 2.73. The molecule has 0 atom stereocenters. The SMILES string of the molecule is Cn1ccnc1-c1ccc2nc(-c3ccnc(C(=O)O)c3)oc2c1. The molecule has 0 fully saturated rings. The number of aryl methyl sites for hydroxylation is 1. The molecule has 24 heavy (non-hydrogen) atoms. The molecule has 0 spiro atoms. The van der Waals surface area contributed by atoms with Crippen LogP contribution < -0.4 is 0 Å². The van der Waals surface area contributed by atoms with Crippen molar-refractivity contribution in [3.63, 3.8) is 0 Å². The zero-order chi connectivity index (χ0) is 16.7. The van der Waals surface area contributed by atoms with Gasteiger partial charge in [0.15, 0.2) is 5.58 Å². The molecule has 0 bridgehead atoms. The lowest BCUT2D eigenvalue weighted by Crippen LogP contribution is -1.99. The van der Waals surface area contributed by atoms with Crippen LogP contribution in [0.25, 0.3) is 33.9 Å². The Bertz CT molecular complexity index is 1060. The normalized spacial score (nSPS) is 11.0. The van der Waals surface area contributed by atoms with E-state index >= 15 is 0 Å². The van der Waals surface area contributed by atoms with E-state index in [2.05, 4.69) is 15.0 Å². The van der Waals surface area contributed by atoms with E-state index < -0.39 is 5.97 Å². The van der Waals surface area contributed by atoms with Crippen molar-refractivity contribution in [1.29, 1.82) is 0 Å². The highest BCUT2D eigenvalue weighted by Crippen LogP contribution is 2.28. The summed E-state index contributed by atoms with van der Waals surface area (Å²) in [5.74, 6) is 0.0869. The number of nitrogens with zero attached hydrogens (tertiary/aromatic N) is 4. The second-order valence-corrected chi connectivity index (χ2v) is 5.30. The molecule has 7 heteroatoms. The third kappa shape index (κ3) is 2.32. The van der Waals surface area contributed by atoms with Crippen LogP contribution in [0.3, 0.4) is 0 Å². The Hall–Kier alpha value is -3.48. The number of imidazole rings is 1. The van der Waals surface area contributed by atoms with Gasteiger partial charge < -0.3 is 14.1 Å². The van der Waals surface area contributed by atoms with E-state index in [0.717, 1.165) is 11.4 Å². The molecule has 1 N–H and O–H groups in total. The van der Waals surface area contributed by atoms with Crippen molar-refractivity contribution >= 4 is 17.1 Å². The first-order chi connectivity index (χ1) is 11.6. The topological polar surface area (TPSA) is 94.0 Å². The molecule has 0 amide bonds. The number of rotatable bonds is 3. The van der Waals surface area contributed by atoms with Crippen molar-refractivity contribution in [1.82, 2.24) is 19.5 Å². The minimum atomic E-state index is -1.09. The molecule has 118 valence electrons. The summed E-state index contributed by atoms with van der Waals surface area (Å²) >= 11 is 0. The average molecular weight is 320 g/mol. The van der Waals surface area contributed by atoms with E-state index in [1.54, 1.807) is 12.3 Å². The molecular formula is C17H12N4O3. The second-order valence-electron chi connectivity index (χ2n) is 5.30. The van der Waals surface area contributed by atoms with Crippen molar-refractivity contribution in [3.05, 3.63) is 54.6 Å². The predicted octanol–water partition coefficient (Wildman–Crippen LogP) is 2.99. The quantitative estimate of drug-likeness (QED) is 0.623. The molecule has 0 saturated carbocycles. The largest absolute Gasteiger partial charge is 0.477 e. The van der Waals surface area contributed by atoms with Gasteiger partial charge in [-0.05, 0) is 30.3 Å². The molecule has 3 heterocycles. The Morgan fingerprint density at radius 3 is 2.75 bits per heavy atom. The maximum absolute atomic E-state index is 11.0. The van der Waals surface area contributed by atoms with Crippen LogP contribution in [0.4, 0.5) is 0 Å². The molecule has 0 aliphatic heterocycles. The Morgan fingerprint density at radius 2 is 2.00 bits per heavy atom. The maximum atomic E-state index is 11.0. The number of aromatic nitrogens is 4. The van der Waals surface area contributed by atoms with Crippen molar-refractivity contribution in [2.75, 3.05) is 0 Å². The second kappa shape index (κ2) is 5.31. The first kappa shape index (κ1) is 14.1. The highest BCUT2D eigenvalue weighted by atomic mass is 16.4. The van der Waals surface area contributed by atoms with Gasteiger partial charge in [0, 0.05) is 36.8 Å². The maximum Gasteiger partial charge on any atom is 0.354 e. The highest BCUT2D eigenvalue weighted by molar-refractivity contribution is 5.87. The van der Waals surface area contributed by atoms with Crippen molar-refractivity contribution in [2.24, 2.45) is 7.05 Å². The van der Waals surface area contributed by atoms with Crippen LogP contribution in [0, 0.1) is 0 Å². The molecule has 0 radical (unpaired) electrons. The lowest BCUT2D eigenvalue weighted by atomic mass is 10.2.